The summed E-state index contributed by atoms with van der Waals surface area (Å²) < 4.78 is 1.36. The molecule has 7 heteroatoms. The fourth-order valence-electron chi connectivity index (χ4n) is 1.00. The van der Waals surface area contributed by atoms with Gasteiger partial charge in [0.25, 0.3) is 0 Å². The number of nitrogens with one attached hydrogen (secondary N) is 1. The molecule has 0 aliphatic rings. The fraction of sp³-hybridized carbons (Fsp3) is 0. The molecule has 0 unspecified atom stereocenters. The van der Waals surface area contributed by atoms with Crippen LogP contribution in [0.2, 0.25) is 0 Å². The van der Waals surface area contributed by atoms with Gasteiger partial charge in [-0.3, -0.25) is 10.2 Å². The molecular formula is C6H6N6O. The molecule has 66 valence electrons. The van der Waals surface area contributed by atoms with Crippen LogP contribution in [0.1, 0.15) is 0 Å². The molecule has 1 amide bonds. The molecule has 2 rings (SSSR count). The van der Waals surface area contributed by atoms with Crippen LogP contribution in [0.3, 0.4) is 0 Å². The number of amides is 1. The van der Waals surface area contributed by atoms with Crippen molar-refractivity contribution in [3.8, 4) is 0 Å². The predicted molar refractivity (Wildman–Crippen MR) is 45.2 cm³/mol. The van der Waals surface area contributed by atoms with E-state index in [1.54, 1.807) is 0 Å². The third-order valence-electron chi connectivity index (χ3n) is 1.55. The molecule has 0 radical (unpaired) electrons. The van der Waals surface area contributed by atoms with E-state index in [1.807, 2.05) is 0 Å². The first-order valence-electron chi connectivity index (χ1n) is 3.46. The van der Waals surface area contributed by atoms with Crippen LogP contribution in [-0.4, -0.2) is 26.0 Å². The predicted octanol–water partition coefficient (Wildman–Crippen LogP) is -0.892. The Morgan fingerprint density at radius 2 is 2.31 bits per heavy atom. The Bertz CT molecular complexity index is 449. The second-order valence-electron chi connectivity index (χ2n) is 2.29. The number of imidazole rings is 1. The molecule has 13 heavy (non-hydrogen) atoms. The molecule has 0 bridgehead atoms. The van der Waals surface area contributed by atoms with E-state index in [4.69, 9.17) is 5.73 Å². The Hall–Kier alpha value is -2.18. The number of carbonyl (C=O) groups is 1. The standard InChI is InChI=1S/C6H6N6O/c7-5-4-6(9-1-8-5)12(2-10-4)11-3-13/h1-3H,(H,11,13)(H2,7,8,9). The normalized spacial score (nSPS) is 10.2. The van der Waals surface area contributed by atoms with Crippen LogP contribution < -0.4 is 11.2 Å². The van der Waals surface area contributed by atoms with Gasteiger partial charge in [0.15, 0.2) is 17.0 Å². The van der Waals surface area contributed by atoms with Gasteiger partial charge in [0.1, 0.15) is 12.7 Å². The third kappa shape index (κ3) is 1.06. The fourth-order valence-corrected chi connectivity index (χ4v) is 1.00. The van der Waals surface area contributed by atoms with Gasteiger partial charge in [0, 0.05) is 0 Å². The quantitative estimate of drug-likeness (QED) is 0.581. The molecule has 0 spiro atoms. The third-order valence-corrected chi connectivity index (χ3v) is 1.55. The minimum atomic E-state index is 0.288. The summed E-state index contributed by atoms with van der Waals surface area (Å²) in [6, 6.07) is 0. The number of anilines is 1. The highest BCUT2D eigenvalue weighted by molar-refractivity contribution is 5.82. The highest BCUT2D eigenvalue weighted by atomic mass is 16.1. The van der Waals surface area contributed by atoms with Crippen molar-refractivity contribution in [1.29, 1.82) is 0 Å². The highest BCUT2D eigenvalue weighted by Gasteiger charge is 2.05. The Morgan fingerprint density at radius 1 is 1.46 bits per heavy atom. The largest absolute Gasteiger partial charge is 0.382 e. The Morgan fingerprint density at radius 3 is 3.08 bits per heavy atom. The summed E-state index contributed by atoms with van der Waals surface area (Å²) in [5.74, 6) is 0.288. The molecule has 0 saturated heterocycles. The molecule has 7 nitrogen and oxygen atoms in total. The second kappa shape index (κ2) is 2.70. The molecule has 0 saturated carbocycles. The number of fused-ring (bicyclic) bond motifs is 1. The molecule has 0 atom stereocenters. The molecule has 3 N–H and O–H groups in total. The van der Waals surface area contributed by atoms with E-state index in [9.17, 15) is 4.79 Å². The van der Waals surface area contributed by atoms with E-state index < -0.39 is 0 Å². The number of hydrogen-bond acceptors (Lipinski definition) is 5. The first kappa shape index (κ1) is 7.47. The molecule has 2 aromatic rings. The molecular weight excluding hydrogens is 172 g/mol. The van der Waals surface area contributed by atoms with E-state index in [0.717, 1.165) is 0 Å². The van der Waals surface area contributed by atoms with Crippen LogP contribution in [0.5, 0.6) is 0 Å². The molecule has 0 aliphatic heterocycles. The van der Waals surface area contributed by atoms with E-state index in [2.05, 4.69) is 20.4 Å². The maximum atomic E-state index is 10.2. The smallest absolute Gasteiger partial charge is 0.226 e. The minimum absolute atomic E-state index is 0.288. The molecule has 0 fully saturated rings. The van der Waals surface area contributed by atoms with Crippen LogP contribution in [0.4, 0.5) is 5.82 Å². The van der Waals surface area contributed by atoms with Gasteiger partial charge in [-0.15, -0.1) is 0 Å². The van der Waals surface area contributed by atoms with Gasteiger partial charge in [-0.25, -0.2) is 19.6 Å². The van der Waals surface area contributed by atoms with E-state index >= 15 is 0 Å². The van der Waals surface area contributed by atoms with E-state index in [1.165, 1.54) is 17.3 Å². The number of carbonyl (C=O) groups excluding carboxylic acids is 1. The van der Waals surface area contributed by atoms with E-state index in [-0.39, 0.29) is 5.82 Å². The average Bonchev–Trinajstić information content (AvgIpc) is 2.51. The molecule has 0 aromatic carbocycles. The highest BCUT2D eigenvalue weighted by Crippen LogP contribution is 2.11. The summed E-state index contributed by atoms with van der Waals surface area (Å²) in [5, 5.41) is 0. The summed E-state index contributed by atoms with van der Waals surface area (Å²) >= 11 is 0. The number of hydrogen-bond donors (Lipinski definition) is 2. The molecule has 0 aliphatic carbocycles. The van der Waals surface area contributed by atoms with Gasteiger partial charge in [-0.05, 0) is 0 Å². The van der Waals surface area contributed by atoms with Crippen LogP contribution >= 0.6 is 0 Å². The summed E-state index contributed by atoms with van der Waals surface area (Å²) in [5.41, 5.74) is 8.85. The van der Waals surface area contributed by atoms with Crippen molar-refractivity contribution < 1.29 is 4.79 Å². The summed E-state index contributed by atoms with van der Waals surface area (Å²) in [6.45, 7) is 0. The van der Waals surface area contributed by atoms with Crippen LogP contribution in [0.25, 0.3) is 11.2 Å². The van der Waals surface area contributed by atoms with Crippen LogP contribution in [-0.2, 0) is 4.79 Å². The zero-order valence-corrected chi connectivity index (χ0v) is 6.51. The number of nitrogens with zero attached hydrogens (tertiary/aromatic N) is 4. The SMILES string of the molecule is Nc1ncnc2c1ncn2NC=O. The lowest BCUT2D eigenvalue weighted by molar-refractivity contribution is -0.106. The van der Waals surface area contributed by atoms with Gasteiger partial charge in [0.2, 0.25) is 6.41 Å². The zero-order valence-electron chi connectivity index (χ0n) is 6.51. The van der Waals surface area contributed by atoms with Gasteiger partial charge in [-0.1, -0.05) is 0 Å². The monoisotopic (exact) mass is 178 g/mol. The molecule has 2 aromatic heterocycles. The van der Waals surface area contributed by atoms with Crippen molar-refractivity contribution in [1.82, 2.24) is 19.6 Å². The van der Waals surface area contributed by atoms with Crippen molar-refractivity contribution >= 4 is 23.4 Å². The lowest BCUT2D eigenvalue weighted by Crippen LogP contribution is -2.11. The maximum absolute atomic E-state index is 10.2. The van der Waals surface area contributed by atoms with Gasteiger partial charge in [0.05, 0.1) is 0 Å². The Kier molecular flexibility index (Phi) is 1.55. The summed E-state index contributed by atoms with van der Waals surface area (Å²) in [7, 11) is 0. The Balaban J connectivity index is 2.67. The summed E-state index contributed by atoms with van der Waals surface area (Å²) in [4.78, 5) is 21.8. The van der Waals surface area contributed by atoms with Crippen molar-refractivity contribution in [2.75, 3.05) is 11.2 Å². The van der Waals surface area contributed by atoms with Crippen LogP contribution in [0, 0.1) is 0 Å². The van der Waals surface area contributed by atoms with Crippen molar-refractivity contribution in [2.45, 2.75) is 0 Å². The molecule has 2 heterocycles. The zero-order chi connectivity index (χ0) is 9.26. The van der Waals surface area contributed by atoms with Crippen molar-refractivity contribution in [2.24, 2.45) is 0 Å². The van der Waals surface area contributed by atoms with Crippen molar-refractivity contribution in [3.05, 3.63) is 12.7 Å². The number of nitrogen functional groups attached to an aromatic ring is 1. The van der Waals surface area contributed by atoms with Gasteiger partial charge >= 0.3 is 0 Å². The first-order valence-corrected chi connectivity index (χ1v) is 3.46. The van der Waals surface area contributed by atoms with Crippen LogP contribution in [0.15, 0.2) is 12.7 Å². The number of nitrogens with two attached hydrogens (primary N) is 1. The Labute approximate surface area is 72.6 Å². The van der Waals surface area contributed by atoms with Gasteiger partial charge < -0.3 is 5.73 Å². The lowest BCUT2D eigenvalue weighted by atomic mass is 10.5. The second-order valence-corrected chi connectivity index (χ2v) is 2.29. The van der Waals surface area contributed by atoms with Crippen molar-refractivity contribution in [3.63, 3.8) is 0 Å². The average molecular weight is 178 g/mol. The maximum Gasteiger partial charge on any atom is 0.226 e. The summed E-state index contributed by atoms with van der Waals surface area (Å²) in [6.07, 6.45) is 3.24. The first-order chi connectivity index (χ1) is 6.33. The minimum Gasteiger partial charge on any atom is -0.382 e. The number of aromatic nitrogens is 4. The lowest BCUT2D eigenvalue weighted by Gasteiger charge is -1.98. The van der Waals surface area contributed by atoms with Gasteiger partial charge in [-0.2, -0.15) is 0 Å². The van der Waals surface area contributed by atoms with E-state index in [0.29, 0.717) is 17.6 Å². The topological polar surface area (TPSA) is 98.7 Å². The number of rotatable bonds is 2.